The van der Waals surface area contributed by atoms with E-state index in [1.165, 1.54) is 5.56 Å². The first-order valence-electron chi connectivity index (χ1n) is 5.76. The highest BCUT2D eigenvalue weighted by Crippen LogP contribution is 2.23. The largest absolute Gasteiger partial charge is 0.355 e. The molecule has 3 aromatic rings. The second-order valence-electron chi connectivity index (χ2n) is 4.20. The van der Waals surface area contributed by atoms with Crippen molar-refractivity contribution in [3.63, 3.8) is 0 Å². The molecule has 0 saturated heterocycles. The van der Waals surface area contributed by atoms with Gasteiger partial charge in [-0.25, -0.2) is 9.97 Å². The van der Waals surface area contributed by atoms with Crippen molar-refractivity contribution in [3.8, 4) is 0 Å². The maximum atomic E-state index is 4.41. The van der Waals surface area contributed by atoms with E-state index in [0.29, 0.717) is 0 Å². The summed E-state index contributed by atoms with van der Waals surface area (Å²) in [5.41, 5.74) is 2.30. The second-order valence-corrected chi connectivity index (χ2v) is 4.98. The monoisotopic (exact) mass is 255 g/mol. The zero-order valence-corrected chi connectivity index (χ0v) is 10.9. The van der Waals surface area contributed by atoms with Gasteiger partial charge < -0.3 is 4.90 Å². The van der Waals surface area contributed by atoms with E-state index in [2.05, 4.69) is 44.8 Å². The molecule has 1 aromatic carbocycles. The smallest absolute Gasteiger partial charge is 0.139 e. The average Bonchev–Trinajstić information content (AvgIpc) is 2.91. The van der Waals surface area contributed by atoms with Gasteiger partial charge in [-0.1, -0.05) is 12.1 Å². The molecule has 0 amide bonds. The average molecular weight is 255 g/mol. The van der Waals surface area contributed by atoms with Gasteiger partial charge in [0.25, 0.3) is 0 Å². The molecule has 0 radical (unpaired) electrons. The first kappa shape index (κ1) is 11.2. The highest BCUT2D eigenvalue weighted by Gasteiger charge is 2.08. The lowest BCUT2D eigenvalue weighted by Crippen LogP contribution is -2.17. The standard InChI is InChI=1S/C14H13N3S/c1-17(8-11-6-7-18-9-11)14-12-4-2-3-5-13(12)15-10-16-14/h2-7,9-10H,8H2,1H3. The van der Waals surface area contributed by atoms with Crippen LogP contribution in [0.15, 0.2) is 47.4 Å². The summed E-state index contributed by atoms with van der Waals surface area (Å²) in [5.74, 6) is 0.979. The number of aromatic nitrogens is 2. The summed E-state index contributed by atoms with van der Waals surface area (Å²) in [5, 5.41) is 5.36. The minimum absolute atomic E-state index is 0.866. The van der Waals surface area contributed by atoms with Crippen molar-refractivity contribution in [2.75, 3.05) is 11.9 Å². The summed E-state index contributed by atoms with van der Waals surface area (Å²) in [7, 11) is 2.06. The normalized spacial score (nSPS) is 10.7. The first-order valence-corrected chi connectivity index (χ1v) is 6.71. The highest BCUT2D eigenvalue weighted by atomic mass is 32.1. The van der Waals surface area contributed by atoms with Gasteiger partial charge in [0.15, 0.2) is 0 Å². The number of para-hydroxylation sites is 1. The molecule has 2 heterocycles. The molecule has 0 bridgehead atoms. The van der Waals surface area contributed by atoms with Crippen molar-refractivity contribution < 1.29 is 0 Å². The Balaban J connectivity index is 1.98. The number of nitrogens with zero attached hydrogens (tertiary/aromatic N) is 3. The predicted octanol–water partition coefficient (Wildman–Crippen LogP) is 3.33. The zero-order valence-electron chi connectivity index (χ0n) is 10.1. The number of benzene rings is 1. The molecule has 0 spiro atoms. The van der Waals surface area contributed by atoms with Crippen LogP contribution in [0.3, 0.4) is 0 Å². The molecular weight excluding hydrogens is 242 g/mol. The lowest BCUT2D eigenvalue weighted by molar-refractivity contribution is 0.904. The van der Waals surface area contributed by atoms with Gasteiger partial charge in [0.05, 0.1) is 5.52 Å². The Bertz CT molecular complexity index is 644. The van der Waals surface area contributed by atoms with Crippen molar-refractivity contribution >= 4 is 28.1 Å². The Morgan fingerprint density at radius 3 is 2.89 bits per heavy atom. The van der Waals surface area contributed by atoms with Gasteiger partial charge in [0, 0.05) is 19.0 Å². The third kappa shape index (κ3) is 2.07. The summed E-state index contributed by atoms with van der Waals surface area (Å²) in [6, 6.07) is 10.2. The van der Waals surface area contributed by atoms with Crippen LogP contribution >= 0.6 is 11.3 Å². The van der Waals surface area contributed by atoms with Crippen LogP contribution in [0.5, 0.6) is 0 Å². The summed E-state index contributed by atoms with van der Waals surface area (Å²) in [4.78, 5) is 10.8. The molecule has 2 aromatic heterocycles. The Hall–Kier alpha value is -1.94. The third-order valence-electron chi connectivity index (χ3n) is 2.88. The van der Waals surface area contributed by atoms with Crippen molar-refractivity contribution in [1.82, 2.24) is 9.97 Å². The van der Waals surface area contributed by atoms with Gasteiger partial charge in [-0.3, -0.25) is 0 Å². The maximum absolute atomic E-state index is 4.41. The first-order chi connectivity index (χ1) is 8.84. The Labute approximate surface area is 110 Å². The number of anilines is 1. The SMILES string of the molecule is CN(Cc1ccsc1)c1ncnc2ccccc12. The van der Waals surface area contributed by atoms with E-state index in [1.807, 2.05) is 18.2 Å². The van der Waals surface area contributed by atoms with Gasteiger partial charge in [-0.15, -0.1) is 0 Å². The van der Waals surface area contributed by atoms with E-state index in [0.717, 1.165) is 23.3 Å². The fraction of sp³-hybridized carbons (Fsp3) is 0.143. The Morgan fingerprint density at radius 1 is 1.17 bits per heavy atom. The number of thiophene rings is 1. The fourth-order valence-corrected chi connectivity index (χ4v) is 2.69. The second kappa shape index (κ2) is 4.74. The predicted molar refractivity (Wildman–Crippen MR) is 76.0 cm³/mol. The van der Waals surface area contributed by atoms with Crippen LogP contribution in [0, 0.1) is 0 Å². The zero-order chi connectivity index (χ0) is 12.4. The van der Waals surface area contributed by atoms with Crippen LogP contribution in [-0.4, -0.2) is 17.0 Å². The van der Waals surface area contributed by atoms with Crippen LogP contribution in [0.2, 0.25) is 0 Å². The van der Waals surface area contributed by atoms with Crippen molar-refractivity contribution in [1.29, 1.82) is 0 Å². The molecule has 0 N–H and O–H groups in total. The molecule has 0 fully saturated rings. The lowest BCUT2D eigenvalue weighted by atomic mass is 10.2. The summed E-state index contributed by atoms with van der Waals surface area (Å²) < 4.78 is 0. The topological polar surface area (TPSA) is 29.0 Å². The van der Waals surface area contributed by atoms with Crippen LogP contribution in [0.25, 0.3) is 10.9 Å². The van der Waals surface area contributed by atoms with E-state index in [-0.39, 0.29) is 0 Å². The van der Waals surface area contributed by atoms with Crippen molar-refractivity contribution in [2.24, 2.45) is 0 Å². The van der Waals surface area contributed by atoms with Crippen LogP contribution in [0.1, 0.15) is 5.56 Å². The van der Waals surface area contributed by atoms with Crippen molar-refractivity contribution in [2.45, 2.75) is 6.54 Å². The molecule has 0 saturated carbocycles. The summed E-state index contributed by atoms with van der Waals surface area (Å²) in [6.07, 6.45) is 1.63. The third-order valence-corrected chi connectivity index (χ3v) is 3.62. The van der Waals surface area contributed by atoms with Gasteiger partial charge in [-0.2, -0.15) is 11.3 Å². The molecule has 4 heteroatoms. The quantitative estimate of drug-likeness (QED) is 0.719. The minimum atomic E-state index is 0.866. The number of hydrogen-bond donors (Lipinski definition) is 0. The van der Waals surface area contributed by atoms with Gasteiger partial charge >= 0.3 is 0 Å². The molecule has 0 aliphatic heterocycles. The molecule has 90 valence electrons. The van der Waals surface area contributed by atoms with Crippen LogP contribution < -0.4 is 4.90 Å². The lowest BCUT2D eigenvalue weighted by Gasteiger charge is -2.18. The van der Waals surface area contributed by atoms with E-state index in [4.69, 9.17) is 0 Å². The van der Waals surface area contributed by atoms with E-state index in [9.17, 15) is 0 Å². The minimum Gasteiger partial charge on any atom is -0.355 e. The van der Waals surface area contributed by atoms with Crippen LogP contribution in [-0.2, 0) is 6.54 Å². The molecular formula is C14H13N3S. The van der Waals surface area contributed by atoms with E-state index >= 15 is 0 Å². The van der Waals surface area contributed by atoms with Crippen LogP contribution in [0.4, 0.5) is 5.82 Å². The Morgan fingerprint density at radius 2 is 2.06 bits per heavy atom. The maximum Gasteiger partial charge on any atom is 0.139 e. The van der Waals surface area contributed by atoms with E-state index in [1.54, 1.807) is 17.7 Å². The molecule has 0 aliphatic carbocycles. The molecule has 0 aliphatic rings. The molecule has 3 rings (SSSR count). The molecule has 18 heavy (non-hydrogen) atoms. The van der Waals surface area contributed by atoms with Gasteiger partial charge in [0.2, 0.25) is 0 Å². The molecule has 0 unspecified atom stereocenters. The van der Waals surface area contributed by atoms with E-state index < -0.39 is 0 Å². The number of fused-ring (bicyclic) bond motifs is 1. The summed E-state index contributed by atoms with van der Waals surface area (Å²) in [6.45, 7) is 0.866. The fourth-order valence-electron chi connectivity index (χ4n) is 2.03. The molecule has 0 atom stereocenters. The number of hydrogen-bond acceptors (Lipinski definition) is 4. The Kier molecular flexibility index (Phi) is 2.94. The molecule has 3 nitrogen and oxygen atoms in total. The van der Waals surface area contributed by atoms with Gasteiger partial charge in [0.1, 0.15) is 12.1 Å². The van der Waals surface area contributed by atoms with Crippen molar-refractivity contribution in [3.05, 3.63) is 53.0 Å². The highest BCUT2D eigenvalue weighted by molar-refractivity contribution is 7.07. The number of rotatable bonds is 3. The van der Waals surface area contributed by atoms with Gasteiger partial charge in [-0.05, 0) is 34.5 Å². The summed E-state index contributed by atoms with van der Waals surface area (Å²) >= 11 is 1.72.